The van der Waals surface area contributed by atoms with Gasteiger partial charge in [-0.3, -0.25) is 4.79 Å². The van der Waals surface area contributed by atoms with Crippen molar-refractivity contribution < 1.29 is 4.79 Å². The highest BCUT2D eigenvalue weighted by molar-refractivity contribution is 6.30. The second kappa shape index (κ2) is 5.58. The fourth-order valence-electron chi connectivity index (χ4n) is 1.19. The zero-order valence-electron chi connectivity index (χ0n) is 9.33. The quantitative estimate of drug-likeness (QED) is 0.802. The third-order valence-corrected chi connectivity index (χ3v) is 2.43. The van der Waals surface area contributed by atoms with Crippen LogP contribution in [0.15, 0.2) is 24.3 Å². The number of hydrogen-bond donors (Lipinski definition) is 1. The Hall–Kier alpha value is -1.46. The zero-order chi connectivity index (χ0) is 12.1. The van der Waals surface area contributed by atoms with E-state index in [4.69, 9.17) is 18.0 Å². The standard InChI is InChI=1S/C13H14ClNO/c1-4-12(15-13(16)9(2)3)10-5-7-11(14)8-6-10/h1,5-9,12H,2-3H3,(H,15,16). The maximum absolute atomic E-state index is 11.5. The minimum absolute atomic E-state index is 0.0575. The molecule has 1 N–H and O–H groups in total. The van der Waals surface area contributed by atoms with Gasteiger partial charge in [0.2, 0.25) is 5.91 Å². The van der Waals surface area contributed by atoms with E-state index in [1.165, 1.54) is 0 Å². The number of terminal acetylenes is 1. The summed E-state index contributed by atoms with van der Waals surface area (Å²) in [5.41, 5.74) is 0.862. The van der Waals surface area contributed by atoms with Crippen molar-refractivity contribution >= 4 is 17.5 Å². The van der Waals surface area contributed by atoms with Crippen LogP contribution in [0.2, 0.25) is 5.02 Å². The van der Waals surface area contributed by atoms with Gasteiger partial charge in [0.1, 0.15) is 6.04 Å². The summed E-state index contributed by atoms with van der Waals surface area (Å²) in [6.45, 7) is 3.65. The van der Waals surface area contributed by atoms with E-state index in [2.05, 4.69) is 11.2 Å². The molecule has 0 aliphatic heterocycles. The Morgan fingerprint density at radius 1 is 1.38 bits per heavy atom. The van der Waals surface area contributed by atoms with Crippen LogP contribution in [-0.4, -0.2) is 5.91 Å². The number of carbonyl (C=O) groups is 1. The van der Waals surface area contributed by atoms with Gasteiger partial charge in [-0.25, -0.2) is 0 Å². The molecule has 2 nitrogen and oxygen atoms in total. The summed E-state index contributed by atoms with van der Waals surface area (Å²) in [5.74, 6) is 2.41. The van der Waals surface area contributed by atoms with Gasteiger partial charge in [-0.05, 0) is 17.7 Å². The average Bonchev–Trinajstić information content (AvgIpc) is 2.26. The van der Waals surface area contributed by atoms with Gasteiger partial charge in [0, 0.05) is 10.9 Å². The summed E-state index contributed by atoms with van der Waals surface area (Å²) in [7, 11) is 0. The van der Waals surface area contributed by atoms with Crippen molar-refractivity contribution in [3.63, 3.8) is 0 Å². The first-order valence-electron chi connectivity index (χ1n) is 5.06. The van der Waals surface area contributed by atoms with Gasteiger partial charge in [0.25, 0.3) is 0 Å². The second-order valence-corrected chi connectivity index (χ2v) is 4.25. The molecule has 0 aliphatic carbocycles. The molecule has 0 saturated heterocycles. The summed E-state index contributed by atoms with van der Waals surface area (Å²) >= 11 is 5.78. The van der Waals surface area contributed by atoms with Crippen molar-refractivity contribution in [1.29, 1.82) is 0 Å². The van der Waals surface area contributed by atoms with E-state index in [1.807, 2.05) is 26.0 Å². The molecule has 0 aliphatic rings. The summed E-state index contributed by atoms with van der Waals surface area (Å²) < 4.78 is 0. The zero-order valence-corrected chi connectivity index (χ0v) is 10.1. The van der Waals surface area contributed by atoms with Crippen LogP contribution < -0.4 is 5.32 Å². The number of amides is 1. The van der Waals surface area contributed by atoms with E-state index in [1.54, 1.807) is 12.1 Å². The maximum atomic E-state index is 11.5. The van der Waals surface area contributed by atoms with Crippen LogP contribution in [0.3, 0.4) is 0 Å². The molecule has 0 aromatic heterocycles. The predicted molar refractivity (Wildman–Crippen MR) is 66.0 cm³/mol. The van der Waals surface area contributed by atoms with Crippen molar-refractivity contribution in [2.75, 3.05) is 0 Å². The average molecular weight is 236 g/mol. The predicted octanol–water partition coefficient (Wildman–Crippen LogP) is 2.79. The summed E-state index contributed by atoms with van der Waals surface area (Å²) in [6.07, 6.45) is 5.39. The molecule has 16 heavy (non-hydrogen) atoms. The van der Waals surface area contributed by atoms with Crippen LogP contribution in [0.5, 0.6) is 0 Å². The fraction of sp³-hybridized carbons (Fsp3) is 0.308. The lowest BCUT2D eigenvalue weighted by molar-refractivity contribution is -0.124. The smallest absolute Gasteiger partial charge is 0.223 e. The van der Waals surface area contributed by atoms with E-state index >= 15 is 0 Å². The number of carbonyl (C=O) groups excluding carboxylic acids is 1. The molecule has 1 rings (SSSR count). The Morgan fingerprint density at radius 2 is 1.94 bits per heavy atom. The van der Waals surface area contributed by atoms with Crippen LogP contribution in [0.4, 0.5) is 0 Å². The highest BCUT2D eigenvalue weighted by atomic mass is 35.5. The highest BCUT2D eigenvalue weighted by Gasteiger charge is 2.13. The molecule has 0 bridgehead atoms. The minimum Gasteiger partial charge on any atom is -0.338 e. The van der Waals surface area contributed by atoms with Gasteiger partial charge < -0.3 is 5.32 Å². The second-order valence-electron chi connectivity index (χ2n) is 3.81. The van der Waals surface area contributed by atoms with E-state index in [9.17, 15) is 4.79 Å². The SMILES string of the molecule is C#CC(NC(=O)C(C)C)c1ccc(Cl)cc1. The van der Waals surface area contributed by atoms with Gasteiger partial charge >= 0.3 is 0 Å². The molecule has 1 unspecified atom stereocenters. The molecular weight excluding hydrogens is 222 g/mol. The fourth-order valence-corrected chi connectivity index (χ4v) is 1.31. The van der Waals surface area contributed by atoms with Crippen LogP contribution >= 0.6 is 11.6 Å². The van der Waals surface area contributed by atoms with E-state index in [0.29, 0.717) is 5.02 Å². The van der Waals surface area contributed by atoms with Crippen LogP contribution in [-0.2, 0) is 4.79 Å². The van der Waals surface area contributed by atoms with Crippen molar-refractivity contribution in [3.05, 3.63) is 34.9 Å². The lowest BCUT2D eigenvalue weighted by Crippen LogP contribution is -2.31. The Labute approximate surface area is 101 Å². The first kappa shape index (κ1) is 12.6. The van der Waals surface area contributed by atoms with Gasteiger partial charge in [0.15, 0.2) is 0 Å². The van der Waals surface area contributed by atoms with Crippen LogP contribution in [0.25, 0.3) is 0 Å². The molecule has 1 aromatic carbocycles. The van der Waals surface area contributed by atoms with Crippen LogP contribution in [0, 0.1) is 18.3 Å². The Kier molecular flexibility index (Phi) is 4.39. The van der Waals surface area contributed by atoms with Crippen molar-refractivity contribution in [2.45, 2.75) is 19.9 Å². The molecule has 0 heterocycles. The highest BCUT2D eigenvalue weighted by Crippen LogP contribution is 2.16. The maximum Gasteiger partial charge on any atom is 0.223 e. The Bertz CT molecular complexity index is 403. The summed E-state index contributed by atoms with van der Waals surface area (Å²) in [5, 5.41) is 3.43. The summed E-state index contributed by atoms with van der Waals surface area (Å²) in [6, 6.07) is 6.74. The molecule has 84 valence electrons. The van der Waals surface area contributed by atoms with E-state index in [0.717, 1.165) is 5.56 Å². The van der Waals surface area contributed by atoms with Crippen molar-refractivity contribution in [2.24, 2.45) is 5.92 Å². The van der Waals surface area contributed by atoms with Gasteiger partial charge in [-0.2, -0.15) is 0 Å². The molecule has 0 spiro atoms. The molecule has 1 atom stereocenters. The Morgan fingerprint density at radius 3 is 2.38 bits per heavy atom. The van der Waals surface area contributed by atoms with Crippen molar-refractivity contribution in [1.82, 2.24) is 5.32 Å². The minimum atomic E-state index is -0.396. The molecule has 3 heteroatoms. The molecule has 0 radical (unpaired) electrons. The molecule has 1 amide bonds. The number of halogens is 1. The molecule has 1 aromatic rings. The van der Waals surface area contributed by atoms with Crippen molar-refractivity contribution in [3.8, 4) is 12.3 Å². The first-order valence-corrected chi connectivity index (χ1v) is 5.44. The van der Waals surface area contributed by atoms with Gasteiger partial charge in [-0.15, -0.1) is 6.42 Å². The first-order chi connectivity index (χ1) is 7.54. The lowest BCUT2D eigenvalue weighted by Gasteiger charge is -2.15. The number of hydrogen-bond acceptors (Lipinski definition) is 1. The largest absolute Gasteiger partial charge is 0.338 e. The number of benzene rings is 1. The Balaban J connectivity index is 2.80. The molecular formula is C13H14ClNO. The van der Waals surface area contributed by atoms with E-state index < -0.39 is 6.04 Å². The lowest BCUT2D eigenvalue weighted by atomic mass is 10.1. The molecule has 0 fully saturated rings. The normalized spacial score (nSPS) is 11.9. The summed E-state index contributed by atoms with van der Waals surface area (Å²) in [4.78, 5) is 11.5. The third-order valence-electron chi connectivity index (χ3n) is 2.18. The third kappa shape index (κ3) is 3.29. The number of nitrogens with one attached hydrogen (secondary N) is 1. The van der Waals surface area contributed by atoms with Crippen LogP contribution in [0.1, 0.15) is 25.5 Å². The topological polar surface area (TPSA) is 29.1 Å². The van der Waals surface area contributed by atoms with E-state index in [-0.39, 0.29) is 11.8 Å². The monoisotopic (exact) mass is 235 g/mol. The van der Waals surface area contributed by atoms with Gasteiger partial charge in [-0.1, -0.05) is 43.5 Å². The van der Waals surface area contributed by atoms with Gasteiger partial charge in [0.05, 0.1) is 0 Å². The molecule has 0 saturated carbocycles. The number of rotatable bonds is 3.